The zero-order valence-electron chi connectivity index (χ0n) is 16.7. The van der Waals surface area contributed by atoms with Crippen molar-refractivity contribution in [1.29, 1.82) is 0 Å². The van der Waals surface area contributed by atoms with Crippen LogP contribution in [0.25, 0.3) is 0 Å². The van der Waals surface area contributed by atoms with E-state index in [9.17, 15) is 9.18 Å². The van der Waals surface area contributed by atoms with E-state index < -0.39 is 0 Å². The molecule has 1 amide bonds. The lowest BCUT2D eigenvalue weighted by Gasteiger charge is -2.26. The quantitative estimate of drug-likeness (QED) is 0.761. The zero-order chi connectivity index (χ0) is 20.3. The number of halogens is 1. The van der Waals surface area contributed by atoms with Crippen LogP contribution in [0.2, 0.25) is 0 Å². The Labute approximate surface area is 165 Å². The molecule has 0 saturated heterocycles. The first kappa shape index (κ1) is 20.0. The van der Waals surface area contributed by atoms with Gasteiger partial charge in [0.2, 0.25) is 0 Å². The monoisotopic (exact) mass is 383 g/mol. The fourth-order valence-electron chi connectivity index (χ4n) is 3.14. The molecule has 1 atom stereocenters. The number of rotatable bonds is 6. The molecule has 0 spiro atoms. The maximum absolute atomic E-state index is 13.7. The molecule has 1 heterocycles. The van der Waals surface area contributed by atoms with Gasteiger partial charge in [-0.05, 0) is 50.7 Å². The summed E-state index contributed by atoms with van der Waals surface area (Å²) in [6.07, 6.45) is 0.535. The third kappa shape index (κ3) is 4.39. The standard InChI is InChI=1S/C22H26FN3O2/c1-15(2)25(3)14-22(27)26-21(16-8-10-19(28-4)11-9-16)13-20(24-26)17-6-5-7-18(23)12-17/h5-12,15,21H,13-14H2,1-4H3. The summed E-state index contributed by atoms with van der Waals surface area (Å²) in [4.78, 5) is 15.0. The number of carbonyl (C=O) groups excluding carboxylic acids is 1. The molecule has 148 valence electrons. The van der Waals surface area contributed by atoms with Gasteiger partial charge < -0.3 is 4.74 Å². The average Bonchev–Trinajstić information content (AvgIpc) is 3.13. The van der Waals surface area contributed by atoms with E-state index in [1.54, 1.807) is 18.2 Å². The van der Waals surface area contributed by atoms with Gasteiger partial charge in [-0.2, -0.15) is 5.10 Å². The molecule has 6 heteroatoms. The SMILES string of the molecule is COc1ccc(C2CC(c3cccc(F)c3)=NN2C(=O)CN(C)C(C)C)cc1. The van der Waals surface area contributed by atoms with Crippen molar-refractivity contribution in [2.45, 2.75) is 32.4 Å². The second-order valence-corrected chi connectivity index (χ2v) is 7.30. The molecule has 1 aliphatic rings. The Kier molecular flexibility index (Phi) is 6.09. The zero-order valence-corrected chi connectivity index (χ0v) is 16.7. The molecule has 0 bridgehead atoms. The van der Waals surface area contributed by atoms with Crippen LogP contribution < -0.4 is 4.74 Å². The predicted octanol–water partition coefficient (Wildman–Crippen LogP) is 3.85. The number of hydrogen-bond donors (Lipinski definition) is 0. The minimum absolute atomic E-state index is 0.0802. The maximum Gasteiger partial charge on any atom is 0.257 e. The number of amides is 1. The van der Waals surface area contributed by atoms with Crippen molar-refractivity contribution < 1.29 is 13.9 Å². The summed E-state index contributed by atoms with van der Waals surface area (Å²) in [6.45, 7) is 4.35. The molecule has 28 heavy (non-hydrogen) atoms. The van der Waals surface area contributed by atoms with Crippen molar-refractivity contribution in [2.24, 2.45) is 5.10 Å². The first-order valence-electron chi connectivity index (χ1n) is 9.38. The molecule has 0 aromatic heterocycles. The molecular weight excluding hydrogens is 357 g/mol. The van der Waals surface area contributed by atoms with Crippen molar-refractivity contribution in [1.82, 2.24) is 9.91 Å². The van der Waals surface area contributed by atoms with Gasteiger partial charge in [-0.15, -0.1) is 0 Å². The molecule has 0 fully saturated rings. The lowest BCUT2D eigenvalue weighted by atomic mass is 9.98. The first-order valence-corrected chi connectivity index (χ1v) is 9.38. The van der Waals surface area contributed by atoms with Gasteiger partial charge in [0, 0.05) is 18.0 Å². The smallest absolute Gasteiger partial charge is 0.257 e. The highest BCUT2D eigenvalue weighted by atomic mass is 19.1. The fourth-order valence-corrected chi connectivity index (χ4v) is 3.14. The van der Waals surface area contributed by atoms with E-state index in [0.29, 0.717) is 17.7 Å². The molecule has 2 aromatic carbocycles. The highest BCUT2D eigenvalue weighted by Crippen LogP contribution is 2.33. The largest absolute Gasteiger partial charge is 0.497 e. The number of nitrogens with zero attached hydrogens (tertiary/aromatic N) is 3. The number of ether oxygens (including phenoxy) is 1. The third-order valence-corrected chi connectivity index (χ3v) is 5.09. The molecule has 5 nitrogen and oxygen atoms in total. The predicted molar refractivity (Wildman–Crippen MR) is 108 cm³/mol. The number of methoxy groups -OCH3 is 1. The van der Waals surface area contributed by atoms with Crippen LogP contribution in [0.4, 0.5) is 4.39 Å². The number of hydrazone groups is 1. The van der Waals surface area contributed by atoms with Crippen LogP contribution in [0.3, 0.4) is 0 Å². The van der Waals surface area contributed by atoms with Gasteiger partial charge in [-0.1, -0.05) is 24.3 Å². The van der Waals surface area contributed by atoms with Gasteiger partial charge >= 0.3 is 0 Å². The van der Waals surface area contributed by atoms with E-state index in [1.165, 1.54) is 12.1 Å². The van der Waals surface area contributed by atoms with Gasteiger partial charge in [0.25, 0.3) is 5.91 Å². The topological polar surface area (TPSA) is 45.1 Å². The Bertz CT molecular complexity index is 864. The van der Waals surface area contributed by atoms with Crippen LogP contribution in [-0.4, -0.2) is 48.3 Å². The maximum atomic E-state index is 13.7. The van der Waals surface area contributed by atoms with Crippen molar-refractivity contribution in [2.75, 3.05) is 20.7 Å². The van der Waals surface area contributed by atoms with Gasteiger partial charge in [-0.25, -0.2) is 9.40 Å². The normalized spacial score (nSPS) is 16.6. The number of benzene rings is 2. The summed E-state index contributed by atoms with van der Waals surface area (Å²) in [5, 5.41) is 6.13. The Hall–Kier alpha value is -2.73. The van der Waals surface area contributed by atoms with Gasteiger partial charge in [0.05, 0.1) is 25.4 Å². The highest BCUT2D eigenvalue weighted by Gasteiger charge is 2.33. The van der Waals surface area contributed by atoms with E-state index in [2.05, 4.69) is 5.10 Å². The van der Waals surface area contributed by atoms with Crippen molar-refractivity contribution in [3.8, 4) is 5.75 Å². The highest BCUT2D eigenvalue weighted by molar-refractivity contribution is 6.03. The molecule has 1 unspecified atom stereocenters. The van der Waals surface area contributed by atoms with Gasteiger partial charge in [-0.3, -0.25) is 9.69 Å². The van der Waals surface area contributed by atoms with Crippen LogP contribution in [0.1, 0.15) is 37.4 Å². The summed E-state index contributed by atoms with van der Waals surface area (Å²) in [5.41, 5.74) is 2.38. The molecule has 0 radical (unpaired) electrons. The van der Waals surface area contributed by atoms with Crippen LogP contribution in [0.15, 0.2) is 53.6 Å². The Morgan fingerprint density at radius 2 is 2.00 bits per heavy atom. The van der Waals surface area contributed by atoms with Crippen molar-refractivity contribution in [3.63, 3.8) is 0 Å². The summed E-state index contributed by atoms with van der Waals surface area (Å²) in [5.74, 6) is 0.361. The molecule has 3 rings (SSSR count). The van der Waals surface area contributed by atoms with Crippen LogP contribution >= 0.6 is 0 Å². The lowest BCUT2D eigenvalue weighted by molar-refractivity contribution is -0.134. The van der Waals surface area contributed by atoms with E-state index in [4.69, 9.17) is 4.74 Å². The Morgan fingerprint density at radius 1 is 1.29 bits per heavy atom. The molecular formula is C22H26FN3O2. The average molecular weight is 383 g/mol. The minimum atomic E-state index is -0.314. The molecule has 1 aliphatic heterocycles. The van der Waals surface area contributed by atoms with Gasteiger partial charge in [0.1, 0.15) is 11.6 Å². The fraction of sp³-hybridized carbons (Fsp3) is 0.364. The van der Waals surface area contributed by atoms with E-state index in [1.807, 2.05) is 56.1 Å². The first-order chi connectivity index (χ1) is 13.4. The summed E-state index contributed by atoms with van der Waals surface area (Å²) in [6, 6.07) is 14.0. The second kappa shape index (κ2) is 8.52. The Morgan fingerprint density at radius 3 is 2.61 bits per heavy atom. The number of likely N-dealkylation sites (N-methyl/N-ethyl adjacent to an activating group) is 1. The van der Waals surface area contributed by atoms with E-state index in [-0.39, 0.29) is 30.4 Å². The molecule has 0 N–H and O–H groups in total. The lowest BCUT2D eigenvalue weighted by Crippen LogP contribution is -2.39. The van der Waals surface area contributed by atoms with Gasteiger partial charge in [0.15, 0.2) is 0 Å². The molecule has 0 saturated carbocycles. The minimum Gasteiger partial charge on any atom is -0.497 e. The van der Waals surface area contributed by atoms with E-state index in [0.717, 1.165) is 11.3 Å². The van der Waals surface area contributed by atoms with Crippen LogP contribution in [0.5, 0.6) is 5.75 Å². The summed E-state index contributed by atoms with van der Waals surface area (Å²) < 4.78 is 18.9. The number of carbonyl (C=O) groups is 1. The van der Waals surface area contributed by atoms with E-state index >= 15 is 0 Å². The molecule has 2 aromatic rings. The van der Waals surface area contributed by atoms with Crippen molar-refractivity contribution >= 4 is 11.6 Å². The third-order valence-electron chi connectivity index (χ3n) is 5.09. The number of hydrogen-bond acceptors (Lipinski definition) is 4. The Balaban J connectivity index is 1.91. The van der Waals surface area contributed by atoms with Crippen LogP contribution in [0, 0.1) is 5.82 Å². The van der Waals surface area contributed by atoms with Crippen molar-refractivity contribution in [3.05, 3.63) is 65.5 Å². The van der Waals surface area contributed by atoms with Crippen LogP contribution in [-0.2, 0) is 4.79 Å². The summed E-state index contributed by atoms with van der Waals surface area (Å²) in [7, 11) is 3.53. The second-order valence-electron chi connectivity index (χ2n) is 7.30. The molecule has 0 aliphatic carbocycles. The summed E-state index contributed by atoms with van der Waals surface area (Å²) >= 11 is 0.